The number of aliphatic carboxylic acids is 4. The van der Waals surface area contributed by atoms with Crippen LogP contribution in [0.1, 0.15) is 100 Å². The molecule has 314 valence electrons. The predicted octanol–water partition coefficient (Wildman–Crippen LogP) is 0.911. The summed E-state index contributed by atoms with van der Waals surface area (Å²) in [5, 5.41) is 48.5. The number of carboxylic acids is 4. The highest BCUT2D eigenvalue weighted by Gasteiger charge is 2.30. The molecule has 23 heteroatoms. The van der Waals surface area contributed by atoms with Crippen LogP contribution in [0.15, 0.2) is 18.3 Å². The molecule has 0 spiro atoms. The molecular formula is C33H50FN6O15P. The smallest absolute Gasteiger partial charge is 0.403 e. The topological polar surface area (TPSA) is 337 Å². The van der Waals surface area contributed by atoms with Crippen molar-refractivity contribution in [3.05, 3.63) is 29.8 Å². The van der Waals surface area contributed by atoms with Crippen molar-refractivity contribution in [3.8, 4) is 0 Å². The molecular weight excluding hydrogens is 770 g/mol. The van der Waals surface area contributed by atoms with Crippen LogP contribution in [-0.2, 0) is 42.7 Å². The summed E-state index contributed by atoms with van der Waals surface area (Å²) in [7, 11) is -4.73. The minimum Gasteiger partial charge on any atom is -0.481 e. The van der Waals surface area contributed by atoms with Crippen LogP contribution in [0.2, 0.25) is 0 Å². The zero-order valence-corrected chi connectivity index (χ0v) is 31.5. The fraction of sp³-hybridized carbons (Fsp3) is 0.606. The van der Waals surface area contributed by atoms with E-state index in [2.05, 4.69) is 26.3 Å². The van der Waals surface area contributed by atoms with Crippen molar-refractivity contribution in [1.82, 2.24) is 31.3 Å². The Morgan fingerprint density at radius 1 is 0.661 bits per heavy atom. The molecule has 0 aliphatic carbocycles. The Morgan fingerprint density at radius 2 is 1.20 bits per heavy atom. The average molecular weight is 821 g/mol. The van der Waals surface area contributed by atoms with Crippen LogP contribution >= 0.6 is 7.75 Å². The fourth-order valence-electron chi connectivity index (χ4n) is 4.85. The monoisotopic (exact) mass is 820 g/mol. The first-order chi connectivity index (χ1) is 26.4. The molecule has 0 aromatic carbocycles. The molecule has 0 saturated carbocycles. The standard InChI is InChI=1S/C33H50FN6O15P/c34-25-14-11-21(20-37-25)30(46)36-18-6-1-3-9-26(41)35-17-5-2-4-10-27(42)39-23(32(49)50)12-15-28(43)38-22(31(47)48)8-7-19-55-56(53,54)40-24(33(51)52)13-16-29(44)45/h11,14,20,22-24H,1-10,12-13,15-19H2,(H,35,41)(H,36,46)(H,38,43)(H,39,42)(H,44,45)(H,47,48)(H,49,50)(H,51,52)(H2,40,53,54). The highest BCUT2D eigenvalue weighted by atomic mass is 31.2. The first-order valence-corrected chi connectivity index (χ1v) is 19.4. The number of aromatic nitrogens is 1. The lowest BCUT2D eigenvalue weighted by Gasteiger charge is -2.19. The number of unbranched alkanes of at least 4 members (excludes halogenated alkanes) is 4. The largest absolute Gasteiger partial charge is 0.481 e. The number of hydrogen-bond acceptors (Lipinski definition) is 11. The van der Waals surface area contributed by atoms with Crippen LogP contribution in [0, 0.1) is 5.95 Å². The van der Waals surface area contributed by atoms with Gasteiger partial charge in [-0.15, -0.1) is 0 Å². The van der Waals surface area contributed by atoms with Gasteiger partial charge >= 0.3 is 31.6 Å². The maximum Gasteiger partial charge on any atom is 0.403 e. The summed E-state index contributed by atoms with van der Waals surface area (Å²) in [5.41, 5.74) is 0.246. The van der Waals surface area contributed by atoms with E-state index in [1.54, 1.807) is 0 Å². The second-order valence-electron chi connectivity index (χ2n) is 12.5. The van der Waals surface area contributed by atoms with Crippen molar-refractivity contribution >= 4 is 55.3 Å². The number of halogens is 1. The molecule has 0 aliphatic heterocycles. The molecule has 4 atom stereocenters. The van der Waals surface area contributed by atoms with Gasteiger partial charge in [0.2, 0.25) is 23.7 Å². The van der Waals surface area contributed by atoms with Gasteiger partial charge in [-0.3, -0.25) is 33.3 Å². The zero-order chi connectivity index (χ0) is 42.1. The summed E-state index contributed by atoms with van der Waals surface area (Å²) in [4.78, 5) is 107. The maximum absolute atomic E-state index is 12.8. The quantitative estimate of drug-likeness (QED) is 0.0283. The van der Waals surface area contributed by atoms with Crippen molar-refractivity contribution in [1.29, 1.82) is 0 Å². The van der Waals surface area contributed by atoms with Gasteiger partial charge in [-0.2, -0.15) is 4.39 Å². The number of pyridine rings is 1. The molecule has 1 aromatic heterocycles. The molecule has 1 heterocycles. The highest BCUT2D eigenvalue weighted by molar-refractivity contribution is 7.50. The van der Waals surface area contributed by atoms with Crippen LogP contribution in [-0.4, -0.2) is 116 Å². The van der Waals surface area contributed by atoms with Crippen molar-refractivity contribution in [2.75, 3.05) is 19.7 Å². The van der Waals surface area contributed by atoms with Gasteiger partial charge in [0.15, 0.2) is 0 Å². The second kappa shape index (κ2) is 26.7. The van der Waals surface area contributed by atoms with E-state index in [4.69, 9.17) is 14.7 Å². The number of carboxylic acid groups (broad SMARTS) is 4. The Labute approximate surface area is 321 Å². The van der Waals surface area contributed by atoms with Gasteiger partial charge in [-0.1, -0.05) is 12.8 Å². The van der Waals surface area contributed by atoms with Gasteiger partial charge in [-0.05, 0) is 63.5 Å². The average Bonchev–Trinajstić information content (AvgIpc) is 3.12. The van der Waals surface area contributed by atoms with Gasteiger partial charge in [0.1, 0.15) is 18.1 Å². The first-order valence-electron chi connectivity index (χ1n) is 17.8. The molecule has 0 bridgehead atoms. The lowest BCUT2D eigenvalue weighted by Crippen LogP contribution is -2.44. The number of hydrogen-bond donors (Lipinski definition) is 10. The van der Waals surface area contributed by atoms with Crippen LogP contribution in [0.4, 0.5) is 4.39 Å². The number of rotatable bonds is 31. The third-order valence-corrected chi connectivity index (χ3v) is 9.02. The van der Waals surface area contributed by atoms with Gasteiger partial charge in [0.25, 0.3) is 5.91 Å². The summed E-state index contributed by atoms with van der Waals surface area (Å²) in [6.07, 6.45) is 2.45. The van der Waals surface area contributed by atoms with E-state index in [1.807, 2.05) is 5.09 Å². The molecule has 1 rings (SSSR count). The second-order valence-corrected chi connectivity index (χ2v) is 14.1. The summed E-state index contributed by atoms with van der Waals surface area (Å²) in [5.74, 6) is -8.42. The Bertz CT molecular complexity index is 1530. The Kier molecular flexibility index (Phi) is 23.3. The van der Waals surface area contributed by atoms with E-state index in [0.717, 1.165) is 12.3 Å². The number of nitrogens with one attached hydrogen (secondary N) is 5. The van der Waals surface area contributed by atoms with Crippen LogP contribution in [0.3, 0.4) is 0 Å². The van der Waals surface area contributed by atoms with Crippen molar-refractivity contribution < 1.29 is 77.2 Å². The van der Waals surface area contributed by atoms with Crippen LogP contribution in [0.5, 0.6) is 0 Å². The molecule has 4 amide bonds. The summed E-state index contributed by atoms with van der Waals surface area (Å²) < 4.78 is 29.7. The molecule has 0 fully saturated rings. The van der Waals surface area contributed by atoms with E-state index >= 15 is 0 Å². The van der Waals surface area contributed by atoms with E-state index in [9.17, 15) is 62.4 Å². The molecule has 56 heavy (non-hydrogen) atoms. The SMILES string of the molecule is O=C(O)CCC(NP(=O)(O)OCCCC(NC(=O)CCC(NC(=O)CCCCCNC(=O)CCCCCNC(=O)c1ccc(F)nc1)C(=O)O)C(=O)O)C(=O)O. The van der Waals surface area contributed by atoms with E-state index in [-0.39, 0.29) is 43.1 Å². The predicted molar refractivity (Wildman–Crippen MR) is 191 cm³/mol. The molecule has 0 saturated heterocycles. The lowest BCUT2D eigenvalue weighted by atomic mass is 10.1. The first kappa shape index (κ1) is 49.0. The number of amides is 4. The van der Waals surface area contributed by atoms with E-state index < -0.39 is 93.4 Å². The van der Waals surface area contributed by atoms with Crippen LogP contribution in [0.25, 0.3) is 0 Å². The lowest BCUT2D eigenvalue weighted by molar-refractivity contribution is -0.143. The number of carbonyl (C=O) groups excluding carboxylic acids is 4. The van der Waals surface area contributed by atoms with Gasteiger partial charge < -0.3 is 46.6 Å². The molecule has 10 N–H and O–H groups in total. The molecule has 0 radical (unpaired) electrons. The third-order valence-electron chi connectivity index (χ3n) is 7.85. The fourth-order valence-corrected chi connectivity index (χ4v) is 5.93. The maximum atomic E-state index is 12.8. The highest BCUT2D eigenvalue weighted by Crippen LogP contribution is 2.38. The van der Waals surface area contributed by atoms with Crippen molar-refractivity contribution in [2.24, 2.45) is 0 Å². The Morgan fingerprint density at radius 3 is 1.75 bits per heavy atom. The Balaban J connectivity index is 2.26. The number of carbonyl (C=O) groups is 8. The summed E-state index contributed by atoms with van der Waals surface area (Å²) in [6, 6.07) is -2.22. The minimum absolute atomic E-state index is 0.0170. The molecule has 21 nitrogen and oxygen atoms in total. The van der Waals surface area contributed by atoms with Gasteiger partial charge in [0.05, 0.1) is 12.2 Å². The summed E-state index contributed by atoms with van der Waals surface area (Å²) >= 11 is 0. The zero-order valence-electron chi connectivity index (χ0n) is 30.6. The normalized spacial score (nSPS) is 13.6. The minimum atomic E-state index is -4.73. The van der Waals surface area contributed by atoms with E-state index in [0.29, 0.717) is 58.0 Å². The molecule has 1 aromatic rings. The number of nitrogens with zero attached hydrogens (tertiary/aromatic N) is 1. The van der Waals surface area contributed by atoms with Crippen LogP contribution < -0.4 is 26.4 Å². The molecule has 0 aliphatic rings. The molecule has 4 unspecified atom stereocenters. The van der Waals surface area contributed by atoms with Crippen molar-refractivity contribution in [2.45, 2.75) is 108 Å². The van der Waals surface area contributed by atoms with Gasteiger partial charge in [0, 0.05) is 45.0 Å². The van der Waals surface area contributed by atoms with Gasteiger partial charge in [-0.25, -0.2) is 24.2 Å². The van der Waals surface area contributed by atoms with Crippen molar-refractivity contribution in [3.63, 3.8) is 0 Å². The van der Waals surface area contributed by atoms with E-state index in [1.165, 1.54) is 6.07 Å². The Hall–Kier alpha value is -5.05. The third kappa shape index (κ3) is 23.0. The summed E-state index contributed by atoms with van der Waals surface area (Å²) in [6.45, 7) is 0.226.